The molecular weight excluding hydrogens is 378 g/mol. The Hall–Kier alpha value is -2.82. The molecule has 0 aliphatic heterocycles. The summed E-state index contributed by atoms with van der Waals surface area (Å²) in [5.74, 6) is -0.472. The first-order chi connectivity index (χ1) is 12.4. The molecule has 0 spiro atoms. The number of hydrogen-bond acceptors (Lipinski definition) is 4. The van der Waals surface area contributed by atoms with Crippen molar-refractivity contribution < 1.29 is 31.4 Å². The molecule has 3 N–H and O–H groups in total. The van der Waals surface area contributed by atoms with Crippen molar-refractivity contribution in [1.29, 1.82) is 0 Å². The van der Waals surface area contributed by atoms with Gasteiger partial charge in [-0.05, 0) is 24.1 Å². The van der Waals surface area contributed by atoms with Gasteiger partial charge in [0.1, 0.15) is 0 Å². The number of imidazole rings is 1. The average Bonchev–Trinajstić information content (AvgIpc) is 2.97. The molecule has 0 aliphatic carbocycles. The summed E-state index contributed by atoms with van der Waals surface area (Å²) in [6.07, 6.45) is -10.5. The summed E-state index contributed by atoms with van der Waals surface area (Å²) in [5, 5.41) is 9.45. The van der Waals surface area contributed by atoms with Crippen LogP contribution in [0.15, 0.2) is 30.6 Å². The Morgan fingerprint density at radius 3 is 2.41 bits per heavy atom. The average molecular weight is 390 g/mol. The van der Waals surface area contributed by atoms with Crippen LogP contribution in [-0.2, 0) is 6.18 Å². The molecule has 0 saturated carbocycles. The second-order valence-corrected chi connectivity index (χ2v) is 5.86. The largest absolute Gasteiger partial charge is 0.434 e. The molecule has 1 aromatic carbocycles. The van der Waals surface area contributed by atoms with Gasteiger partial charge in [0.2, 0.25) is 0 Å². The Balaban J connectivity index is 2.22. The molecule has 27 heavy (non-hydrogen) atoms. The Kier molecular flexibility index (Phi) is 4.29. The number of aromatic nitrogens is 3. The molecule has 0 fully saturated rings. The highest BCUT2D eigenvalue weighted by Gasteiger charge is 2.39. The first kappa shape index (κ1) is 19.0. The van der Waals surface area contributed by atoms with Gasteiger partial charge in [-0.3, -0.25) is 4.40 Å². The molecule has 1 unspecified atom stereocenters. The summed E-state index contributed by atoms with van der Waals surface area (Å²) >= 11 is 0. The molecule has 2 heterocycles. The smallest absolute Gasteiger partial charge is 0.381 e. The van der Waals surface area contributed by atoms with Crippen molar-refractivity contribution in [2.75, 3.05) is 5.73 Å². The summed E-state index contributed by atoms with van der Waals surface area (Å²) in [7, 11) is 0. The maximum atomic E-state index is 13.0. The van der Waals surface area contributed by atoms with E-state index in [9.17, 15) is 31.4 Å². The minimum absolute atomic E-state index is 0.0702. The molecule has 3 rings (SSSR count). The summed E-state index contributed by atoms with van der Waals surface area (Å²) < 4.78 is 78.4. The SMILES string of the molecule is Cc1ccc(C(O)C(F)(F)F)cc1-c1cnc2c(N)nc(C(F)(F)F)cn12. The second-order valence-electron chi connectivity index (χ2n) is 5.86. The lowest BCUT2D eigenvalue weighted by atomic mass is 9.99. The quantitative estimate of drug-likeness (QED) is 0.651. The molecule has 0 saturated heterocycles. The third-order valence-corrected chi connectivity index (χ3v) is 3.97. The maximum absolute atomic E-state index is 13.0. The number of aliphatic hydroxyl groups excluding tert-OH is 1. The molecule has 0 radical (unpaired) electrons. The number of fused-ring (bicyclic) bond motifs is 1. The van der Waals surface area contributed by atoms with Crippen LogP contribution in [0.5, 0.6) is 0 Å². The monoisotopic (exact) mass is 390 g/mol. The van der Waals surface area contributed by atoms with E-state index in [1.165, 1.54) is 12.3 Å². The predicted octanol–water partition coefficient (Wildman–Crippen LogP) is 3.90. The van der Waals surface area contributed by atoms with Crippen molar-refractivity contribution >= 4 is 11.5 Å². The Labute approximate surface area is 148 Å². The van der Waals surface area contributed by atoms with E-state index in [0.29, 0.717) is 11.8 Å². The van der Waals surface area contributed by atoms with E-state index in [1.807, 2.05) is 0 Å². The van der Waals surface area contributed by atoms with Crippen LogP contribution in [0.3, 0.4) is 0 Å². The fourth-order valence-corrected chi connectivity index (χ4v) is 2.62. The van der Waals surface area contributed by atoms with Crippen molar-refractivity contribution in [1.82, 2.24) is 14.4 Å². The Bertz CT molecular complexity index is 1010. The van der Waals surface area contributed by atoms with Gasteiger partial charge in [-0.2, -0.15) is 26.3 Å². The minimum atomic E-state index is -4.89. The number of nitrogen functional groups attached to an aromatic ring is 1. The molecule has 11 heteroatoms. The van der Waals surface area contributed by atoms with E-state index in [4.69, 9.17) is 5.73 Å². The van der Waals surface area contributed by atoms with Crippen LogP contribution in [0.1, 0.15) is 22.9 Å². The van der Waals surface area contributed by atoms with Crippen LogP contribution in [0.2, 0.25) is 0 Å². The van der Waals surface area contributed by atoms with Gasteiger partial charge in [-0.1, -0.05) is 12.1 Å². The van der Waals surface area contributed by atoms with Gasteiger partial charge >= 0.3 is 12.4 Å². The van der Waals surface area contributed by atoms with Gasteiger partial charge in [-0.15, -0.1) is 0 Å². The summed E-state index contributed by atoms with van der Waals surface area (Å²) in [6.45, 7) is 1.56. The number of aryl methyl sites for hydroxylation is 1. The summed E-state index contributed by atoms with van der Waals surface area (Å²) in [5.41, 5.74) is 4.47. The normalized spacial score (nSPS) is 13.9. The summed E-state index contributed by atoms with van der Waals surface area (Å²) in [4.78, 5) is 7.17. The van der Waals surface area contributed by atoms with E-state index in [0.717, 1.165) is 16.5 Å². The lowest BCUT2D eigenvalue weighted by molar-refractivity contribution is -0.206. The number of halogens is 6. The van der Waals surface area contributed by atoms with Crippen LogP contribution in [0, 0.1) is 6.92 Å². The van der Waals surface area contributed by atoms with E-state index in [2.05, 4.69) is 9.97 Å². The van der Waals surface area contributed by atoms with Gasteiger partial charge in [-0.25, -0.2) is 9.97 Å². The van der Waals surface area contributed by atoms with Crippen LogP contribution in [0.25, 0.3) is 16.9 Å². The van der Waals surface area contributed by atoms with E-state index in [1.54, 1.807) is 6.92 Å². The van der Waals surface area contributed by atoms with Crippen molar-refractivity contribution in [3.63, 3.8) is 0 Å². The maximum Gasteiger partial charge on any atom is 0.434 e. The Morgan fingerprint density at radius 2 is 1.81 bits per heavy atom. The number of hydrogen-bond donors (Lipinski definition) is 2. The molecule has 1 atom stereocenters. The third-order valence-electron chi connectivity index (χ3n) is 3.97. The minimum Gasteiger partial charge on any atom is -0.381 e. The standard InChI is InChI=1S/C16H12F6N4O/c1-7-2-3-8(12(27)16(20,21)22)4-9(7)10-5-24-14-13(23)25-11(6-26(10)14)15(17,18)19/h2-6,12,27H,1H3,(H2,23,25). The first-order valence-corrected chi connectivity index (χ1v) is 7.46. The van der Waals surface area contributed by atoms with Crippen molar-refractivity contribution in [2.24, 2.45) is 0 Å². The lowest BCUT2D eigenvalue weighted by Crippen LogP contribution is -2.20. The van der Waals surface area contributed by atoms with Crippen LogP contribution in [-0.4, -0.2) is 25.7 Å². The van der Waals surface area contributed by atoms with Crippen LogP contribution in [0.4, 0.5) is 32.2 Å². The van der Waals surface area contributed by atoms with Gasteiger partial charge in [0.15, 0.2) is 23.3 Å². The molecule has 0 aliphatic rings. The lowest BCUT2D eigenvalue weighted by Gasteiger charge is -2.17. The third kappa shape index (κ3) is 3.42. The van der Waals surface area contributed by atoms with Gasteiger partial charge < -0.3 is 10.8 Å². The number of alkyl halides is 6. The molecule has 0 bridgehead atoms. The second kappa shape index (κ2) is 6.12. The summed E-state index contributed by atoms with van der Waals surface area (Å²) in [6, 6.07) is 3.48. The van der Waals surface area contributed by atoms with Crippen molar-refractivity contribution in [2.45, 2.75) is 25.4 Å². The van der Waals surface area contributed by atoms with Crippen LogP contribution < -0.4 is 5.73 Å². The molecule has 2 aromatic heterocycles. The van der Waals surface area contributed by atoms with Gasteiger partial charge in [0, 0.05) is 11.8 Å². The predicted molar refractivity (Wildman–Crippen MR) is 83.6 cm³/mol. The molecular formula is C16H12F6N4O. The highest BCUT2D eigenvalue weighted by atomic mass is 19.4. The first-order valence-electron chi connectivity index (χ1n) is 7.46. The highest BCUT2D eigenvalue weighted by Crippen LogP contribution is 2.36. The zero-order valence-electron chi connectivity index (χ0n) is 13.6. The molecule has 0 amide bonds. The fourth-order valence-electron chi connectivity index (χ4n) is 2.62. The van der Waals surface area contributed by atoms with Crippen molar-refractivity contribution in [3.8, 4) is 11.3 Å². The fraction of sp³-hybridized carbons (Fsp3) is 0.250. The van der Waals surface area contributed by atoms with E-state index < -0.39 is 35.5 Å². The topological polar surface area (TPSA) is 76.4 Å². The van der Waals surface area contributed by atoms with E-state index in [-0.39, 0.29) is 16.9 Å². The number of aliphatic hydroxyl groups is 1. The van der Waals surface area contributed by atoms with Gasteiger partial charge in [0.05, 0.1) is 11.9 Å². The zero-order valence-corrected chi connectivity index (χ0v) is 13.6. The zero-order chi connectivity index (χ0) is 20.1. The number of nitrogens with two attached hydrogens (primary N) is 1. The number of nitrogens with zero attached hydrogens (tertiary/aromatic N) is 3. The number of benzene rings is 1. The molecule has 5 nitrogen and oxygen atoms in total. The van der Waals surface area contributed by atoms with Gasteiger partial charge in [0.25, 0.3) is 0 Å². The Morgan fingerprint density at radius 1 is 1.15 bits per heavy atom. The number of rotatable bonds is 2. The van der Waals surface area contributed by atoms with Crippen LogP contribution >= 0.6 is 0 Å². The number of anilines is 1. The molecule has 144 valence electrons. The molecule has 3 aromatic rings. The van der Waals surface area contributed by atoms with E-state index >= 15 is 0 Å². The highest BCUT2D eigenvalue weighted by molar-refractivity contribution is 5.72. The van der Waals surface area contributed by atoms with Crippen molar-refractivity contribution in [3.05, 3.63) is 47.4 Å².